The Bertz CT molecular complexity index is 635. The Morgan fingerprint density at radius 2 is 2.15 bits per heavy atom. The van der Waals surface area contributed by atoms with Crippen molar-refractivity contribution in [3.8, 4) is 0 Å². The summed E-state index contributed by atoms with van der Waals surface area (Å²) < 4.78 is 1.72. The highest BCUT2D eigenvalue weighted by Gasteiger charge is 2.27. The maximum Gasteiger partial charge on any atom is 0.246 e. The Hall–Kier alpha value is -2.09. The Labute approximate surface area is 155 Å². The first-order chi connectivity index (χ1) is 12.6. The molecule has 1 aromatic heterocycles. The van der Waals surface area contributed by atoms with Crippen molar-refractivity contribution in [1.82, 2.24) is 24.9 Å². The SMILES string of the molecule is CN=C(NCCN(C)C1CCCC1)N1CCN(c2cnn(C)c2)C(=O)C1. The minimum absolute atomic E-state index is 0.0790. The summed E-state index contributed by atoms with van der Waals surface area (Å²) in [4.78, 5) is 23.2. The molecule has 0 aromatic carbocycles. The molecular weight excluding hydrogens is 330 g/mol. The lowest BCUT2D eigenvalue weighted by atomic mass is 10.2. The molecule has 3 rings (SSSR count). The zero-order chi connectivity index (χ0) is 18.5. The van der Waals surface area contributed by atoms with Crippen LogP contribution < -0.4 is 10.2 Å². The predicted molar refractivity (Wildman–Crippen MR) is 103 cm³/mol. The maximum absolute atomic E-state index is 12.5. The molecule has 1 aliphatic heterocycles. The van der Waals surface area contributed by atoms with Crippen LogP contribution in [0, 0.1) is 0 Å². The Balaban J connectivity index is 1.47. The summed E-state index contributed by atoms with van der Waals surface area (Å²) in [5.41, 5.74) is 0.860. The molecule has 0 atom stereocenters. The van der Waals surface area contributed by atoms with Gasteiger partial charge in [-0.25, -0.2) is 0 Å². The lowest BCUT2D eigenvalue weighted by molar-refractivity contribution is -0.120. The van der Waals surface area contributed by atoms with Crippen molar-refractivity contribution < 1.29 is 4.79 Å². The van der Waals surface area contributed by atoms with E-state index in [1.54, 1.807) is 22.8 Å². The van der Waals surface area contributed by atoms with Crippen LogP contribution in [0.5, 0.6) is 0 Å². The van der Waals surface area contributed by atoms with Gasteiger partial charge < -0.3 is 20.0 Å². The number of piperazine rings is 1. The van der Waals surface area contributed by atoms with Gasteiger partial charge in [0.15, 0.2) is 5.96 Å². The van der Waals surface area contributed by atoms with Crippen molar-refractivity contribution in [3.63, 3.8) is 0 Å². The lowest BCUT2D eigenvalue weighted by Crippen LogP contribution is -2.56. The number of anilines is 1. The van der Waals surface area contributed by atoms with Gasteiger partial charge >= 0.3 is 0 Å². The van der Waals surface area contributed by atoms with Crippen molar-refractivity contribution in [1.29, 1.82) is 0 Å². The monoisotopic (exact) mass is 361 g/mol. The van der Waals surface area contributed by atoms with Crippen LogP contribution in [0.3, 0.4) is 0 Å². The average molecular weight is 361 g/mol. The molecule has 8 nitrogen and oxygen atoms in total. The molecule has 0 unspecified atom stereocenters. The van der Waals surface area contributed by atoms with Crippen LogP contribution in [0.25, 0.3) is 0 Å². The highest BCUT2D eigenvalue weighted by atomic mass is 16.2. The highest BCUT2D eigenvalue weighted by molar-refractivity contribution is 5.98. The number of nitrogens with zero attached hydrogens (tertiary/aromatic N) is 6. The van der Waals surface area contributed by atoms with Gasteiger partial charge in [0, 0.05) is 52.5 Å². The number of guanidine groups is 1. The first-order valence-corrected chi connectivity index (χ1v) is 9.53. The molecule has 2 heterocycles. The van der Waals surface area contributed by atoms with Gasteiger partial charge in [-0.1, -0.05) is 12.8 Å². The van der Waals surface area contributed by atoms with E-state index >= 15 is 0 Å². The van der Waals surface area contributed by atoms with Crippen LogP contribution in [0.1, 0.15) is 25.7 Å². The van der Waals surface area contributed by atoms with Crippen molar-refractivity contribution in [2.75, 3.05) is 51.7 Å². The second kappa shape index (κ2) is 8.53. The van der Waals surface area contributed by atoms with E-state index in [1.807, 2.05) is 18.1 Å². The molecule has 1 aliphatic carbocycles. The molecule has 2 aliphatic rings. The lowest BCUT2D eigenvalue weighted by Gasteiger charge is -2.35. The number of likely N-dealkylation sites (N-methyl/N-ethyl adjacent to an activating group) is 1. The van der Waals surface area contributed by atoms with Gasteiger partial charge in [0.1, 0.15) is 6.54 Å². The fraction of sp³-hybridized carbons (Fsp3) is 0.722. The van der Waals surface area contributed by atoms with Crippen LogP contribution in [0.2, 0.25) is 0 Å². The molecule has 8 heteroatoms. The Morgan fingerprint density at radius 1 is 1.38 bits per heavy atom. The van der Waals surface area contributed by atoms with Crippen molar-refractivity contribution in [2.45, 2.75) is 31.7 Å². The summed E-state index contributed by atoms with van der Waals surface area (Å²) in [5, 5.41) is 7.57. The summed E-state index contributed by atoms with van der Waals surface area (Å²) in [7, 11) is 5.84. The Morgan fingerprint density at radius 3 is 2.77 bits per heavy atom. The van der Waals surface area contributed by atoms with Crippen molar-refractivity contribution in [2.24, 2.45) is 12.0 Å². The molecule has 0 radical (unpaired) electrons. The summed E-state index contributed by atoms with van der Waals surface area (Å²) in [5.74, 6) is 0.888. The molecule has 0 bridgehead atoms. The van der Waals surface area contributed by atoms with Crippen LogP contribution in [0.15, 0.2) is 17.4 Å². The van der Waals surface area contributed by atoms with Crippen LogP contribution >= 0.6 is 0 Å². The summed E-state index contributed by atoms with van der Waals surface area (Å²) in [6, 6.07) is 0.725. The number of nitrogens with one attached hydrogen (secondary N) is 1. The second-order valence-corrected chi connectivity index (χ2v) is 7.23. The van der Waals surface area contributed by atoms with E-state index in [0.29, 0.717) is 13.1 Å². The number of hydrogen-bond donors (Lipinski definition) is 1. The van der Waals surface area contributed by atoms with Crippen LogP contribution in [-0.4, -0.2) is 84.3 Å². The Kier molecular flexibility index (Phi) is 6.13. The van der Waals surface area contributed by atoms with Gasteiger partial charge in [0.05, 0.1) is 11.9 Å². The number of aryl methyl sites for hydroxylation is 1. The molecule has 0 spiro atoms. The smallest absolute Gasteiger partial charge is 0.246 e. The van der Waals surface area contributed by atoms with Gasteiger partial charge in [-0.05, 0) is 19.9 Å². The molecule has 1 N–H and O–H groups in total. The summed E-state index contributed by atoms with van der Waals surface area (Å²) in [6.45, 7) is 3.59. The molecule has 1 saturated heterocycles. The molecule has 1 saturated carbocycles. The summed E-state index contributed by atoms with van der Waals surface area (Å²) >= 11 is 0. The largest absolute Gasteiger partial charge is 0.355 e. The number of amides is 1. The average Bonchev–Trinajstić information content (AvgIpc) is 3.30. The van der Waals surface area contributed by atoms with E-state index in [4.69, 9.17) is 0 Å². The van der Waals surface area contributed by atoms with Gasteiger partial charge in [-0.2, -0.15) is 5.10 Å². The molecule has 144 valence electrons. The minimum atomic E-state index is 0.0790. The molecule has 26 heavy (non-hydrogen) atoms. The number of carbonyl (C=O) groups excluding carboxylic acids is 1. The predicted octanol–water partition coefficient (Wildman–Crippen LogP) is 0.519. The second-order valence-electron chi connectivity index (χ2n) is 7.23. The van der Waals surface area contributed by atoms with Gasteiger partial charge in [0.2, 0.25) is 5.91 Å². The fourth-order valence-corrected chi connectivity index (χ4v) is 3.88. The highest BCUT2D eigenvalue weighted by Crippen LogP contribution is 2.21. The number of rotatable bonds is 5. The van der Waals surface area contributed by atoms with E-state index < -0.39 is 0 Å². The summed E-state index contributed by atoms with van der Waals surface area (Å²) in [6.07, 6.45) is 8.95. The third-order valence-corrected chi connectivity index (χ3v) is 5.43. The first-order valence-electron chi connectivity index (χ1n) is 9.53. The van der Waals surface area contributed by atoms with E-state index in [2.05, 4.69) is 27.4 Å². The quantitative estimate of drug-likeness (QED) is 0.612. The normalized spacial score (nSPS) is 19.7. The third-order valence-electron chi connectivity index (χ3n) is 5.43. The van der Waals surface area contributed by atoms with Crippen LogP contribution in [0.4, 0.5) is 5.69 Å². The maximum atomic E-state index is 12.5. The van der Waals surface area contributed by atoms with Gasteiger partial charge in [-0.3, -0.25) is 14.5 Å². The van der Waals surface area contributed by atoms with E-state index in [0.717, 1.165) is 37.3 Å². The standard InChI is InChI=1S/C18H31N7O/c1-19-18(20-8-9-22(2)15-6-4-5-7-15)24-10-11-25(17(26)14-24)16-12-21-23(3)13-16/h12-13,15H,4-11,14H2,1-3H3,(H,19,20). The van der Waals surface area contributed by atoms with E-state index in [9.17, 15) is 4.79 Å². The van der Waals surface area contributed by atoms with Crippen molar-refractivity contribution >= 4 is 17.6 Å². The fourth-order valence-electron chi connectivity index (χ4n) is 3.88. The number of aliphatic imine (C=N–C) groups is 1. The molecule has 1 amide bonds. The van der Waals surface area contributed by atoms with E-state index in [-0.39, 0.29) is 5.91 Å². The minimum Gasteiger partial charge on any atom is -0.355 e. The van der Waals surface area contributed by atoms with Gasteiger partial charge in [-0.15, -0.1) is 0 Å². The van der Waals surface area contributed by atoms with E-state index in [1.165, 1.54) is 25.7 Å². The first kappa shape index (κ1) is 18.7. The zero-order valence-electron chi connectivity index (χ0n) is 16.2. The van der Waals surface area contributed by atoms with Gasteiger partial charge in [0.25, 0.3) is 0 Å². The molecular formula is C18H31N7O. The molecule has 2 fully saturated rings. The molecule has 1 aromatic rings. The third kappa shape index (κ3) is 4.35. The topological polar surface area (TPSA) is 69.0 Å². The number of carbonyl (C=O) groups is 1. The van der Waals surface area contributed by atoms with Crippen molar-refractivity contribution in [3.05, 3.63) is 12.4 Å². The zero-order valence-corrected chi connectivity index (χ0v) is 16.2. The number of aromatic nitrogens is 2. The van der Waals surface area contributed by atoms with Crippen LogP contribution in [-0.2, 0) is 11.8 Å². The number of hydrogen-bond acceptors (Lipinski definition) is 4.